The molecule has 25 heavy (non-hydrogen) atoms. The predicted molar refractivity (Wildman–Crippen MR) is 94.7 cm³/mol. The van der Waals surface area contributed by atoms with Gasteiger partial charge in [-0.2, -0.15) is 18.3 Å². The van der Waals surface area contributed by atoms with Gasteiger partial charge in [0.15, 0.2) is 0 Å². The number of aromatic nitrogens is 2. The van der Waals surface area contributed by atoms with Gasteiger partial charge in [-0.05, 0) is 18.2 Å². The number of hydrogen-bond donors (Lipinski definition) is 0. The van der Waals surface area contributed by atoms with Crippen LogP contribution in [0.1, 0.15) is 11.1 Å². The molecule has 0 saturated carbocycles. The molecule has 0 aliphatic heterocycles. The maximum Gasteiger partial charge on any atom is 0.416 e. The fraction of sp³-hybridized carbons (Fsp3) is 0.167. The summed E-state index contributed by atoms with van der Waals surface area (Å²) in [7, 11) is 1.74. The lowest BCUT2D eigenvalue weighted by atomic mass is 10.1. The van der Waals surface area contributed by atoms with Crippen LogP contribution >= 0.6 is 23.4 Å². The van der Waals surface area contributed by atoms with Gasteiger partial charge >= 0.3 is 6.18 Å². The van der Waals surface area contributed by atoms with Crippen molar-refractivity contribution in [3.63, 3.8) is 0 Å². The normalized spacial score (nSPS) is 11.7. The molecule has 2 aromatic carbocycles. The number of nitrogens with zero attached hydrogens (tertiary/aromatic N) is 2. The Kier molecular flexibility index (Phi) is 5.11. The van der Waals surface area contributed by atoms with Gasteiger partial charge in [0.25, 0.3) is 0 Å². The van der Waals surface area contributed by atoms with Crippen LogP contribution in [0.4, 0.5) is 13.2 Å². The average molecular weight is 383 g/mol. The van der Waals surface area contributed by atoms with Crippen molar-refractivity contribution in [2.75, 3.05) is 0 Å². The van der Waals surface area contributed by atoms with Crippen molar-refractivity contribution in [1.29, 1.82) is 0 Å². The summed E-state index contributed by atoms with van der Waals surface area (Å²) in [5.74, 6) is 0.429. The van der Waals surface area contributed by atoms with E-state index in [1.807, 2.05) is 30.3 Å². The second-order valence-corrected chi connectivity index (χ2v) is 6.83. The Hall–Kier alpha value is -1.92. The molecular weight excluding hydrogens is 369 g/mol. The van der Waals surface area contributed by atoms with Crippen LogP contribution in [0.3, 0.4) is 0 Å². The first-order chi connectivity index (χ1) is 11.9. The third-order valence-electron chi connectivity index (χ3n) is 3.66. The van der Waals surface area contributed by atoms with Crippen LogP contribution in [-0.2, 0) is 19.0 Å². The van der Waals surface area contributed by atoms with Crippen molar-refractivity contribution < 1.29 is 13.2 Å². The van der Waals surface area contributed by atoms with Gasteiger partial charge in [-0.1, -0.05) is 48.0 Å². The van der Waals surface area contributed by atoms with E-state index in [4.69, 9.17) is 11.6 Å². The molecule has 0 N–H and O–H groups in total. The van der Waals surface area contributed by atoms with Crippen molar-refractivity contribution >= 4 is 23.4 Å². The van der Waals surface area contributed by atoms with Gasteiger partial charge < -0.3 is 0 Å². The van der Waals surface area contributed by atoms with E-state index in [-0.39, 0.29) is 0 Å². The number of hydrogen-bond acceptors (Lipinski definition) is 2. The maximum absolute atomic E-state index is 12.8. The lowest BCUT2D eigenvalue weighted by Crippen LogP contribution is -2.04. The van der Waals surface area contributed by atoms with Gasteiger partial charge in [0, 0.05) is 28.8 Å². The summed E-state index contributed by atoms with van der Waals surface area (Å²) in [6, 6.07) is 14.9. The Bertz CT molecular complexity index is 876. The second kappa shape index (κ2) is 7.14. The van der Waals surface area contributed by atoms with E-state index < -0.39 is 11.7 Å². The largest absolute Gasteiger partial charge is 0.416 e. The second-order valence-electron chi connectivity index (χ2n) is 5.42. The minimum atomic E-state index is -4.35. The molecule has 1 heterocycles. The minimum Gasteiger partial charge on any atom is -0.256 e. The molecule has 1 aromatic heterocycles. The number of aryl methyl sites for hydroxylation is 1. The zero-order valence-corrected chi connectivity index (χ0v) is 14.8. The van der Waals surface area contributed by atoms with Gasteiger partial charge in [0.2, 0.25) is 0 Å². The van der Waals surface area contributed by atoms with E-state index in [1.54, 1.807) is 17.8 Å². The highest BCUT2D eigenvalue weighted by Gasteiger charge is 2.30. The Morgan fingerprint density at radius 3 is 2.48 bits per heavy atom. The fourth-order valence-electron chi connectivity index (χ4n) is 2.42. The van der Waals surface area contributed by atoms with E-state index in [2.05, 4.69) is 5.10 Å². The first-order valence-electron chi connectivity index (χ1n) is 7.43. The molecular formula is C18H14ClF3N2S. The molecule has 0 spiro atoms. The molecule has 0 aliphatic carbocycles. The smallest absolute Gasteiger partial charge is 0.256 e. The molecule has 0 atom stereocenters. The SMILES string of the molecule is Cn1nc(-c2ccccc2)c(CSc2cccc(C(F)(F)F)c2)c1Cl. The van der Waals surface area contributed by atoms with E-state index in [0.717, 1.165) is 29.0 Å². The molecule has 0 fully saturated rings. The first-order valence-corrected chi connectivity index (χ1v) is 8.79. The highest BCUT2D eigenvalue weighted by Crippen LogP contribution is 2.36. The molecule has 3 aromatic rings. The van der Waals surface area contributed by atoms with Crippen LogP contribution in [0.2, 0.25) is 5.15 Å². The van der Waals surface area contributed by atoms with Crippen molar-refractivity contribution in [1.82, 2.24) is 9.78 Å². The van der Waals surface area contributed by atoms with Gasteiger partial charge in [-0.3, -0.25) is 4.68 Å². The van der Waals surface area contributed by atoms with Crippen LogP contribution < -0.4 is 0 Å². The molecule has 0 aliphatic rings. The first kappa shape index (κ1) is 17.9. The topological polar surface area (TPSA) is 17.8 Å². The van der Waals surface area contributed by atoms with E-state index in [1.165, 1.54) is 17.8 Å². The van der Waals surface area contributed by atoms with Crippen molar-refractivity contribution in [3.8, 4) is 11.3 Å². The number of rotatable bonds is 4. The summed E-state index contributed by atoms with van der Waals surface area (Å²) >= 11 is 7.64. The van der Waals surface area contributed by atoms with Crippen LogP contribution in [0.25, 0.3) is 11.3 Å². The fourth-order valence-corrected chi connectivity index (χ4v) is 3.66. The van der Waals surface area contributed by atoms with Crippen LogP contribution in [0.5, 0.6) is 0 Å². The number of benzene rings is 2. The van der Waals surface area contributed by atoms with Crippen LogP contribution in [-0.4, -0.2) is 9.78 Å². The number of halogens is 4. The summed E-state index contributed by atoms with van der Waals surface area (Å²) < 4.78 is 40.1. The molecule has 0 bridgehead atoms. The third kappa shape index (κ3) is 4.02. The third-order valence-corrected chi connectivity index (χ3v) is 5.15. The molecule has 3 rings (SSSR count). The molecule has 2 nitrogen and oxygen atoms in total. The zero-order chi connectivity index (χ0) is 18.0. The Morgan fingerprint density at radius 2 is 1.80 bits per heavy atom. The summed E-state index contributed by atoms with van der Waals surface area (Å²) in [5.41, 5.74) is 1.81. The Morgan fingerprint density at radius 1 is 1.08 bits per heavy atom. The quantitative estimate of drug-likeness (QED) is 0.511. The van der Waals surface area contributed by atoms with Gasteiger partial charge in [0.05, 0.1) is 11.3 Å². The summed E-state index contributed by atoms with van der Waals surface area (Å²) in [4.78, 5) is 0.536. The molecule has 130 valence electrons. The summed E-state index contributed by atoms with van der Waals surface area (Å²) in [5, 5.41) is 4.93. The van der Waals surface area contributed by atoms with Gasteiger partial charge in [-0.25, -0.2) is 0 Å². The lowest BCUT2D eigenvalue weighted by molar-refractivity contribution is -0.137. The monoisotopic (exact) mass is 382 g/mol. The molecule has 0 amide bonds. The minimum absolute atomic E-state index is 0.429. The Labute approximate surface area is 152 Å². The molecule has 0 radical (unpaired) electrons. The predicted octanol–water partition coefficient (Wildman–Crippen LogP) is 6.05. The van der Waals surface area contributed by atoms with E-state index in [0.29, 0.717) is 15.8 Å². The molecule has 0 saturated heterocycles. The highest BCUT2D eigenvalue weighted by atomic mass is 35.5. The maximum atomic E-state index is 12.8. The number of alkyl halides is 3. The zero-order valence-electron chi connectivity index (χ0n) is 13.2. The highest BCUT2D eigenvalue weighted by molar-refractivity contribution is 7.98. The summed E-state index contributed by atoms with van der Waals surface area (Å²) in [6.07, 6.45) is -4.35. The van der Waals surface area contributed by atoms with E-state index in [9.17, 15) is 13.2 Å². The van der Waals surface area contributed by atoms with Gasteiger partial charge in [-0.15, -0.1) is 11.8 Å². The van der Waals surface area contributed by atoms with Crippen molar-refractivity contribution in [2.24, 2.45) is 7.05 Å². The Balaban J connectivity index is 1.87. The standard InChI is InChI=1S/C18H14ClF3N2S/c1-24-17(19)15(16(23-24)12-6-3-2-4-7-12)11-25-14-9-5-8-13(10-14)18(20,21)22/h2-10H,11H2,1H3. The van der Waals surface area contributed by atoms with E-state index >= 15 is 0 Å². The van der Waals surface area contributed by atoms with Crippen molar-refractivity contribution in [2.45, 2.75) is 16.8 Å². The lowest BCUT2D eigenvalue weighted by Gasteiger charge is -2.09. The molecule has 7 heteroatoms. The summed E-state index contributed by atoms with van der Waals surface area (Å²) in [6.45, 7) is 0. The number of thioether (sulfide) groups is 1. The van der Waals surface area contributed by atoms with Crippen molar-refractivity contribution in [3.05, 3.63) is 70.9 Å². The molecule has 0 unspecified atom stereocenters. The van der Waals surface area contributed by atoms with Gasteiger partial charge in [0.1, 0.15) is 5.15 Å². The van der Waals surface area contributed by atoms with Crippen LogP contribution in [0.15, 0.2) is 59.5 Å². The van der Waals surface area contributed by atoms with Crippen LogP contribution in [0, 0.1) is 0 Å². The average Bonchev–Trinajstić information content (AvgIpc) is 2.88.